The van der Waals surface area contributed by atoms with Crippen LogP contribution in [0.2, 0.25) is 0 Å². The van der Waals surface area contributed by atoms with E-state index < -0.39 is 11.6 Å². The molecule has 0 spiro atoms. The molecule has 2 heterocycles. The standard InChI is InChI=1S/C19H21ClF2N3OS/c1-11-16(9-27-10-19(2,3)20)25(6-5-17(11)26-4)18-23-14-7-12(21)13(22)8-15(14)24-18/h5-8H,9-10H2,1-4H3,(H,23,24)/q+1. The first-order valence-corrected chi connectivity index (χ1v) is 9.93. The number of pyridine rings is 1. The Kier molecular flexibility index (Phi) is 5.63. The molecule has 8 heteroatoms. The number of hydrogen-bond acceptors (Lipinski definition) is 3. The van der Waals surface area contributed by atoms with E-state index in [0.29, 0.717) is 22.7 Å². The minimum absolute atomic E-state index is 0.309. The van der Waals surface area contributed by atoms with Gasteiger partial charge in [0, 0.05) is 40.1 Å². The van der Waals surface area contributed by atoms with Gasteiger partial charge in [0.25, 0.3) is 0 Å². The molecule has 144 valence electrons. The Balaban J connectivity index is 2.05. The van der Waals surface area contributed by atoms with E-state index in [4.69, 9.17) is 16.3 Å². The molecule has 3 aromatic rings. The Bertz CT molecular complexity index is 946. The molecule has 0 aliphatic rings. The summed E-state index contributed by atoms with van der Waals surface area (Å²) in [6.07, 6.45) is 1.83. The molecule has 1 N–H and O–H groups in total. The maximum absolute atomic E-state index is 13.5. The quantitative estimate of drug-likeness (QED) is 0.472. The van der Waals surface area contributed by atoms with Crippen molar-refractivity contribution < 1.29 is 18.1 Å². The summed E-state index contributed by atoms with van der Waals surface area (Å²) in [7, 11) is 1.62. The van der Waals surface area contributed by atoms with Crippen molar-refractivity contribution >= 4 is 34.4 Å². The lowest BCUT2D eigenvalue weighted by Crippen LogP contribution is -2.37. The molecular formula is C19H21ClF2N3OS+. The Labute approximate surface area is 165 Å². The third-order valence-electron chi connectivity index (χ3n) is 4.11. The highest BCUT2D eigenvalue weighted by Crippen LogP contribution is 2.26. The van der Waals surface area contributed by atoms with Gasteiger partial charge in [-0.15, -0.1) is 11.6 Å². The number of methoxy groups -OCH3 is 1. The number of imidazole rings is 1. The average Bonchev–Trinajstić information content (AvgIpc) is 2.98. The molecule has 0 bridgehead atoms. The van der Waals surface area contributed by atoms with E-state index in [-0.39, 0.29) is 4.87 Å². The average molecular weight is 413 g/mol. The fourth-order valence-corrected chi connectivity index (χ4v) is 4.14. The van der Waals surface area contributed by atoms with E-state index in [1.807, 2.05) is 37.6 Å². The van der Waals surface area contributed by atoms with Gasteiger partial charge in [-0.2, -0.15) is 11.8 Å². The van der Waals surface area contributed by atoms with Crippen LogP contribution in [-0.2, 0) is 5.75 Å². The molecule has 0 radical (unpaired) electrons. The zero-order valence-corrected chi connectivity index (χ0v) is 17.1. The number of aromatic amines is 1. The molecular weight excluding hydrogens is 392 g/mol. The van der Waals surface area contributed by atoms with Crippen molar-refractivity contribution in [2.75, 3.05) is 12.9 Å². The molecule has 3 rings (SSSR count). The molecule has 0 fully saturated rings. The summed E-state index contributed by atoms with van der Waals surface area (Å²) < 4.78 is 34.3. The minimum atomic E-state index is -0.920. The van der Waals surface area contributed by atoms with Crippen LogP contribution in [0.3, 0.4) is 0 Å². The summed E-state index contributed by atoms with van der Waals surface area (Å²) in [6, 6.07) is 4.04. The summed E-state index contributed by atoms with van der Waals surface area (Å²) in [5.74, 6) is 0.868. The first kappa shape index (κ1) is 19.9. The predicted octanol–water partition coefficient (Wildman–Crippen LogP) is 4.69. The van der Waals surface area contributed by atoms with Gasteiger partial charge in [-0.05, 0) is 20.8 Å². The number of fused-ring (bicyclic) bond motifs is 1. The smallest absolute Gasteiger partial charge is 0.402 e. The van der Waals surface area contributed by atoms with Crippen molar-refractivity contribution in [3.8, 4) is 11.7 Å². The molecule has 27 heavy (non-hydrogen) atoms. The Morgan fingerprint density at radius 1 is 1.30 bits per heavy atom. The van der Waals surface area contributed by atoms with Gasteiger partial charge in [0.15, 0.2) is 17.2 Å². The highest BCUT2D eigenvalue weighted by molar-refractivity contribution is 7.98. The molecule has 1 aromatic carbocycles. The van der Waals surface area contributed by atoms with E-state index in [2.05, 4.69) is 9.97 Å². The largest absolute Gasteiger partial charge is 0.496 e. The minimum Gasteiger partial charge on any atom is -0.496 e. The number of H-pyrrole nitrogens is 1. The van der Waals surface area contributed by atoms with Crippen LogP contribution in [0.1, 0.15) is 25.1 Å². The van der Waals surface area contributed by atoms with Crippen molar-refractivity contribution in [3.63, 3.8) is 0 Å². The van der Waals surface area contributed by atoms with Crippen LogP contribution >= 0.6 is 23.4 Å². The summed E-state index contributed by atoms with van der Waals surface area (Å²) >= 11 is 7.99. The number of alkyl halides is 1. The van der Waals surface area contributed by atoms with Crippen molar-refractivity contribution in [1.82, 2.24) is 9.97 Å². The van der Waals surface area contributed by atoms with Crippen molar-refractivity contribution in [3.05, 3.63) is 47.3 Å². The second-order valence-corrected chi connectivity index (χ2v) is 8.89. The SMILES string of the molecule is COc1cc[n+](-c2nc3cc(F)c(F)cc3[nH]2)c(CSCC(C)(C)Cl)c1C. The molecule has 0 saturated carbocycles. The van der Waals surface area contributed by atoms with Crippen molar-refractivity contribution in [2.24, 2.45) is 0 Å². The van der Waals surface area contributed by atoms with Crippen LogP contribution in [0.4, 0.5) is 8.78 Å². The van der Waals surface area contributed by atoms with Crippen LogP contribution in [-0.4, -0.2) is 27.7 Å². The summed E-state index contributed by atoms with van der Waals surface area (Å²) in [4.78, 5) is 7.18. The van der Waals surface area contributed by atoms with Gasteiger partial charge < -0.3 is 4.74 Å². The molecule has 0 aliphatic carbocycles. The van der Waals surface area contributed by atoms with Crippen molar-refractivity contribution in [1.29, 1.82) is 0 Å². The molecule has 0 atom stereocenters. The fourth-order valence-electron chi connectivity index (χ4n) is 2.77. The fraction of sp³-hybridized carbons (Fsp3) is 0.368. The summed E-state index contributed by atoms with van der Waals surface area (Å²) in [5.41, 5.74) is 2.74. The van der Waals surface area contributed by atoms with E-state index in [1.54, 1.807) is 18.9 Å². The molecule has 4 nitrogen and oxygen atoms in total. The number of halogens is 3. The van der Waals surface area contributed by atoms with Crippen LogP contribution in [0.5, 0.6) is 5.75 Å². The van der Waals surface area contributed by atoms with Gasteiger partial charge in [0.2, 0.25) is 0 Å². The maximum Gasteiger partial charge on any atom is 0.402 e. The predicted molar refractivity (Wildman–Crippen MR) is 105 cm³/mol. The van der Waals surface area contributed by atoms with Crippen LogP contribution in [0, 0.1) is 18.6 Å². The van der Waals surface area contributed by atoms with E-state index in [0.717, 1.165) is 34.9 Å². The lowest BCUT2D eigenvalue weighted by atomic mass is 10.2. The number of benzene rings is 1. The Hall–Kier alpha value is -1.86. The van der Waals surface area contributed by atoms with Gasteiger partial charge in [-0.3, -0.25) is 0 Å². The van der Waals surface area contributed by atoms with E-state index >= 15 is 0 Å². The number of rotatable bonds is 6. The first-order valence-electron chi connectivity index (χ1n) is 8.39. The Morgan fingerprint density at radius 3 is 2.67 bits per heavy atom. The van der Waals surface area contributed by atoms with Crippen LogP contribution in [0.15, 0.2) is 24.4 Å². The lowest BCUT2D eigenvalue weighted by Gasteiger charge is -2.16. The second-order valence-electron chi connectivity index (χ2n) is 6.88. The summed E-state index contributed by atoms with van der Waals surface area (Å²) in [5, 5.41) is 0. The van der Waals surface area contributed by atoms with Crippen LogP contribution in [0.25, 0.3) is 17.0 Å². The molecule has 2 aromatic heterocycles. The maximum atomic E-state index is 13.5. The van der Waals surface area contributed by atoms with Crippen LogP contribution < -0.4 is 9.30 Å². The van der Waals surface area contributed by atoms with Gasteiger partial charge in [0.1, 0.15) is 17.0 Å². The van der Waals surface area contributed by atoms with Crippen molar-refractivity contribution in [2.45, 2.75) is 31.4 Å². The monoisotopic (exact) mass is 412 g/mol. The first-order chi connectivity index (χ1) is 12.7. The molecule has 0 unspecified atom stereocenters. The van der Waals surface area contributed by atoms with E-state index in [1.165, 1.54) is 0 Å². The topological polar surface area (TPSA) is 41.8 Å². The van der Waals surface area contributed by atoms with Gasteiger partial charge >= 0.3 is 5.95 Å². The highest BCUT2D eigenvalue weighted by Gasteiger charge is 2.23. The lowest BCUT2D eigenvalue weighted by molar-refractivity contribution is -0.610. The third kappa shape index (κ3) is 4.35. The molecule has 0 aliphatic heterocycles. The van der Waals surface area contributed by atoms with Gasteiger partial charge in [-0.25, -0.2) is 18.3 Å². The van der Waals surface area contributed by atoms with Gasteiger partial charge in [-0.1, -0.05) is 4.98 Å². The highest BCUT2D eigenvalue weighted by atomic mass is 35.5. The number of nitrogens with zero attached hydrogens (tertiary/aromatic N) is 2. The number of aromatic nitrogens is 3. The van der Waals surface area contributed by atoms with Gasteiger partial charge in [0.05, 0.1) is 13.3 Å². The third-order valence-corrected chi connectivity index (χ3v) is 5.81. The summed E-state index contributed by atoms with van der Waals surface area (Å²) in [6.45, 7) is 5.91. The number of ether oxygens (including phenoxy) is 1. The number of hydrogen-bond donors (Lipinski definition) is 1. The zero-order chi connectivity index (χ0) is 19.8. The number of thioether (sulfide) groups is 1. The molecule has 0 saturated heterocycles. The number of nitrogens with one attached hydrogen (secondary N) is 1. The second kappa shape index (κ2) is 7.64. The normalized spacial score (nSPS) is 12.0. The zero-order valence-electron chi connectivity index (χ0n) is 15.6. The molecule has 0 amide bonds. The van der Waals surface area contributed by atoms with E-state index in [9.17, 15) is 8.78 Å². The Morgan fingerprint density at radius 2 is 2.00 bits per heavy atom.